The number of ether oxygens (including phenoxy) is 2. The molecule has 2 bridgehead atoms. The second kappa shape index (κ2) is 8.63. The van der Waals surface area contributed by atoms with Crippen molar-refractivity contribution < 1.29 is 41.8 Å². The Morgan fingerprint density at radius 3 is 2.30 bits per heavy atom. The largest absolute Gasteiger partial charge is 0.463 e. The monoisotopic (exact) mass is 427 g/mol. The topological polar surface area (TPSA) is 99.6 Å². The summed E-state index contributed by atoms with van der Waals surface area (Å²) < 4.78 is 49.1. The van der Waals surface area contributed by atoms with E-state index in [-0.39, 0.29) is 36.3 Å². The predicted molar refractivity (Wildman–Crippen MR) is 94.2 cm³/mol. The molecule has 2 aliphatic rings. The summed E-state index contributed by atoms with van der Waals surface area (Å²) in [7, 11) is 0. The third kappa shape index (κ3) is 4.58. The van der Waals surface area contributed by atoms with Gasteiger partial charge in [0.15, 0.2) is 17.3 Å². The fraction of sp³-hybridized carbons (Fsp3) is 0.550. The molecule has 1 aromatic heterocycles. The second-order valence-electron chi connectivity index (χ2n) is 7.39. The average molecular weight is 427 g/mol. The van der Waals surface area contributed by atoms with Crippen LogP contribution in [0.4, 0.5) is 13.2 Å². The minimum absolute atomic E-state index is 0.124. The molecule has 7 nitrogen and oxygen atoms in total. The molecule has 2 fully saturated rings. The fourth-order valence-corrected chi connectivity index (χ4v) is 3.93. The molecule has 1 aromatic rings. The number of carbonyl (C=O) groups excluding carboxylic acids is 4. The van der Waals surface area contributed by atoms with Crippen molar-refractivity contribution in [3.05, 3.63) is 29.1 Å². The van der Waals surface area contributed by atoms with Gasteiger partial charge < -0.3 is 9.47 Å². The SMILES string of the molecule is CC(=O)OCCOCc1nc(C(F)(F)F)ccc1C(=O)C1C(=O)C2CCC(C2)C1=O. The Kier molecular flexibility index (Phi) is 6.35. The van der Waals surface area contributed by atoms with Crippen molar-refractivity contribution >= 4 is 23.3 Å². The van der Waals surface area contributed by atoms with Crippen LogP contribution in [0.1, 0.15) is 47.9 Å². The summed E-state index contributed by atoms with van der Waals surface area (Å²) in [5, 5.41) is 0. The van der Waals surface area contributed by atoms with Gasteiger partial charge in [0, 0.05) is 24.3 Å². The molecule has 0 saturated heterocycles. The summed E-state index contributed by atoms with van der Waals surface area (Å²) in [6.07, 6.45) is -3.24. The van der Waals surface area contributed by atoms with E-state index in [2.05, 4.69) is 9.72 Å². The highest BCUT2D eigenvalue weighted by Crippen LogP contribution is 2.41. The number of esters is 1. The third-order valence-electron chi connectivity index (χ3n) is 5.37. The highest BCUT2D eigenvalue weighted by Gasteiger charge is 2.50. The Morgan fingerprint density at radius 2 is 1.73 bits per heavy atom. The van der Waals surface area contributed by atoms with E-state index in [1.54, 1.807) is 0 Å². The van der Waals surface area contributed by atoms with Crippen molar-refractivity contribution in [3.8, 4) is 0 Å². The highest BCUT2D eigenvalue weighted by molar-refractivity contribution is 6.26. The minimum atomic E-state index is -4.75. The smallest absolute Gasteiger partial charge is 0.433 e. The first-order valence-electron chi connectivity index (χ1n) is 9.49. The molecule has 0 aliphatic heterocycles. The molecule has 2 aliphatic carbocycles. The third-order valence-corrected chi connectivity index (χ3v) is 5.37. The Labute approximate surface area is 169 Å². The van der Waals surface area contributed by atoms with E-state index in [1.165, 1.54) is 6.92 Å². The van der Waals surface area contributed by atoms with E-state index < -0.39 is 47.7 Å². The van der Waals surface area contributed by atoms with E-state index >= 15 is 0 Å². The molecule has 1 heterocycles. The molecule has 0 N–H and O–H groups in total. The van der Waals surface area contributed by atoms with Crippen molar-refractivity contribution in [1.29, 1.82) is 0 Å². The molecule has 0 radical (unpaired) electrons. The molecule has 2 atom stereocenters. The Balaban J connectivity index is 1.85. The van der Waals surface area contributed by atoms with Gasteiger partial charge in [-0.1, -0.05) is 0 Å². The van der Waals surface area contributed by atoms with Crippen molar-refractivity contribution in [1.82, 2.24) is 4.98 Å². The second-order valence-corrected chi connectivity index (χ2v) is 7.39. The fourth-order valence-electron chi connectivity index (χ4n) is 3.93. The molecule has 0 spiro atoms. The van der Waals surface area contributed by atoms with Crippen molar-refractivity contribution in [2.45, 2.75) is 39.0 Å². The van der Waals surface area contributed by atoms with Gasteiger partial charge in [-0.25, -0.2) is 4.98 Å². The number of halogens is 3. The maximum atomic E-state index is 13.1. The lowest BCUT2D eigenvalue weighted by Gasteiger charge is -2.25. The van der Waals surface area contributed by atoms with E-state index in [9.17, 15) is 32.3 Å². The number of Topliss-reactive ketones (excluding diaryl/α,β-unsaturated/α-hetero) is 3. The standard InChI is InChI=1S/C20H20F3NO6/c1-10(25)30-7-6-29-9-14-13(4-5-15(24-14)20(21,22)23)19(28)16-17(26)11-2-3-12(8-11)18(16)27/h4-5,11-12,16H,2-3,6-9H2,1H3. The van der Waals surface area contributed by atoms with Crippen LogP contribution < -0.4 is 0 Å². The van der Waals surface area contributed by atoms with Crippen LogP contribution in [0.25, 0.3) is 0 Å². The van der Waals surface area contributed by atoms with E-state index in [0.717, 1.165) is 6.07 Å². The van der Waals surface area contributed by atoms with E-state index in [0.29, 0.717) is 25.3 Å². The molecule has 2 unspecified atom stereocenters. The van der Waals surface area contributed by atoms with Crippen LogP contribution >= 0.6 is 0 Å². The quantitative estimate of drug-likeness (QED) is 0.285. The first-order chi connectivity index (χ1) is 14.1. The summed E-state index contributed by atoms with van der Waals surface area (Å²) in [5.41, 5.74) is -1.79. The van der Waals surface area contributed by atoms with Gasteiger partial charge in [0.25, 0.3) is 0 Å². The zero-order valence-electron chi connectivity index (χ0n) is 16.2. The first kappa shape index (κ1) is 22.1. The zero-order chi connectivity index (χ0) is 22.1. The number of nitrogens with zero attached hydrogens (tertiary/aromatic N) is 1. The number of hydrogen-bond acceptors (Lipinski definition) is 7. The molecular formula is C20H20F3NO6. The Bertz CT molecular complexity index is 860. The Hall–Kier alpha value is -2.62. The normalized spacial score (nSPS) is 23.5. The van der Waals surface area contributed by atoms with Gasteiger partial charge in [0.2, 0.25) is 0 Å². The highest BCUT2D eigenvalue weighted by atomic mass is 19.4. The molecule has 10 heteroatoms. The number of alkyl halides is 3. The van der Waals surface area contributed by atoms with Gasteiger partial charge in [0.05, 0.1) is 18.9 Å². The molecule has 0 aromatic carbocycles. The van der Waals surface area contributed by atoms with Crippen LogP contribution in [0, 0.1) is 17.8 Å². The summed E-state index contributed by atoms with van der Waals surface area (Å²) >= 11 is 0. The summed E-state index contributed by atoms with van der Waals surface area (Å²) in [6, 6.07) is 1.57. The van der Waals surface area contributed by atoms with Crippen molar-refractivity contribution in [2.75, 3.05) is 13.2 Å². The maximum absolute atomic E-state index is 13.1. The lowest BCUT2D eigenvalue weighted by Crippen LogP contribution is -2.42. The zero-order valence-corrected chi connectivity index (χ0v) is 16.2. The van der Waals surface area contributed by atoms with E-state index in [4.69, 9.17) is 4.74 Å². The molecular weight excluding hydrogens is 407 g/mol. The predicted octanol–water partition coefficient (Wildman–Crippen LogP) is 2.55. The Morgan fingerprint density at radius 1 is 1.10 bits per heavy atom. The lowest BCUT2D eigenvalue weighted by molar-refractivity contribution is -0.143. The molecule has 3 rings (SSSR count). The first-order valence-corrected chi connectivity index (χ1v) is 9.49. The van der Waals surface area contributed by atoms with Crippen LogP contribution in [0.3, 0.4) is 0 Å². The maximum Gasteiger partial charge on any atom is 0.433 e. The van der Waals surface area contributed by atoms with Crippen LogP contribution in [0.2, 0.25) is 0 Å². The van der Waals surface area contributed by atoms with Gasteiger partial charge in [-0.05, 0) is 31.4 Å². The van der Waals surface area contributed by atoms with Crippen molar-refractivity contribution in [2.24, 2.45) is 17.8 Å². The molecule has 30 heavy (non-hydrogen) atoms. The lowest BCUT2D eigenvalue weighted by atomic mass is 9.75. The van der Waals surface area contributed by atoms with Crippen LogP contribution in [0.5, 0.6) is 0 Å². The molecule has 0 amide bonds. The number of ketones is 3. The van der Waals surface area contributed by atoms with Crippen LogP contribution in [-0.4, -0.2) is 41.5 Å². The van der Waals surface area contributed by atoms with Crippen LogP contribution in [0.15, 0.2) is 12.1 Å². The van der Waals surface area contributed by atoms with Gasteiger partial charge in [-0.15, -0.1) is 0 Å². The number of pyridine rings is 1. The van der Waals surface area contributed by atoms with Crippen molar-refractivity contribution in [3.63, 3.8) is 0 Å². The number of carbonyl (C=O) groups is 4. The summed E-state index contributed by atoms with van der Waals surface area (Å²) in [5.74, 6) is -4.58. The minimum Gasteiger partial charge on any atom is -0.463 e. The van der Waals surface area contributed by atoms with Gasteiger partial charge in [0.1, 0.15) is 18.2 Å². The van der Waals surface area contributed by atoms with Gasteiger partial charge in [-0.3, -0.25) is 19.2 Å². The van der Waals surface area contributed by atoms with Crippen LogP contribution in [-0.2, 0) is 36.6 Å². The number of hydrogen-bond donors (Lipinski definition) is 0. The van der Waals surface area contributed by atoms with Gasteiger partial charge >= 0.3 is 12.1 Å². The van der Waals surface area contributed by atoms with Gasteiger partial charge in [-0.2, -0.15) is 13.2 Å². The molecule has 162 valence electrons. The average Bonchev–Trinajstić information content (AvgIpc) is 3.12. The summed E-state index contributed by atoms with van der Waals surface area (Å²) in [4.78, 5) is 52.4. The summed E-state index contributed by atoms with van der Waals surface area (Å²) in [6.45, 7) is 0.460. The van der Waals surface area contributed by atoms with E-state index in [1.807, 2.05) is 0 Å². The molecule has 2 saturated carbocycles. The number of aromatic nitrogens is 1. The number of fused-ring (bicyclic) bond motifs is 2. The number of rotatable bonds is 7.